The molecule has 1 atom stereocenters. The molecule has 1 amide bonds. The number of rotatable bonds is 7. The van der Waals surface area contributed by atoms with Gasteiger partial charge in [-0.25, -0.2) is 4.79 Å². The first-order valence-corrected chi connectivity index (χ1v) is 5.76. The molecule has 1 aliphatic rings. The molecule has 0 radical (unpaired) electrons. The van der Waals surface area contributed by atoms with Crippen molar-refractivity contribution in [1.29, 1.82) is 0 Å². The van der Waals surface area contributed by atoms with E-state index >= 15 is 0 Å². The highest BCUT2D eigenvalue weighted by Crippen LogP contribution is 2.28. The van der Waals surface area contributed by atoms with Crippen LogP contribution >= 0.6 is 0 Å². The van der Waals surface area contributed by atoms with Crippen LogP contribution in [0.3, 0.4) is 0 Å². The third kappa shape index (κ3) is 4.70. The molecule has 1 fully saturated rings. The summed E-state index contributed by atoms with van der Waals surface area (Å²) in [6, 6.07) is 0. The average molecular weight is 244 g/mol. The maximum atomic E-state index is 11.3. The van der Waals surface area contributed by atoms with Crippen molar-refractivity contribution in [3.8, 4) is 0 Å². The standard InChI is InChI=1S/C11H20N2O4/c1-11(16,10(15)17-2)7-12-5-6-13-9(14)8-3-4-8/h8,12,16H,3-7H2,1-2H3,(H,13,14). The van der Waals surface area contributed by atoms with E-state index < -0.39 is 11.6 Å². The molecular weight excluding hydrogens is 224 g/mol. The molecule has 0 aromatic rings. The van der Waals surface area contributed by atoms with E-state index in [2.05, 4.69) is 15.4 Å². The average Bonchev–Trinajstić information content (AvgIpc) is 3.10. The van der Waals surface area contributed by atoms with Gasteiger partial charge in [0.1, 0.15) is 0 Å². The number of esters is 1. The number of methoxy groups -OCH3 is 1. The Bertz CT molecular complexity index is 287. The van der Waals surface area contributed by atoms with Gasteiger partial charge in [-0.05, 0) is 19.8 Å². The summed E-state index contributed by atoms with van der Waals surface area (Å²) in [7, 11) is 1.23. The third-order valence-electron chi connectivity index (χ3n) is 2.64. The lowest BCUT2D eigenvalue weighted by Crippen LogP contribution is -2.47. The van der Waals surface area contributed by atoms with Gasteiger partial charge in [0.2, 0.25) is 5.91 Å². The topological polar surface area (TPSA) is 87.7 Å². The molecule has 17 heavy (non-hydrogen) atoms. The van der Waals surface area contributed by atoms with Crippen LogP contribution in [0.25, 0.3) is 0 Å². The monoisotopic (exact) mass is 244 g/mol. The van der Waals surface area contributed by atoms with Crippen molar-refractivity contribution < 1.29 is 19.4 Å². The van der Waals surface area contributed by atoms with Crippen LogP contribution in [0.15, 0.2) is 0 Å². The van der Waals surface area contributed by atoms with Gasteiger partial charge in [-0.3, -0.25) is 4.79 Å². The van der Waals surface area contributed by atoms with Crippen LogP contribution in [-0.4, -0.2) is 49.3 Å². The van der Waals surface area contributed by atoms with Crippen LogP contribution in [0.2, 0.25) is 0 Å². The number of carbonyl (C=O) groups is 2. The molecule has 1 unspecified atom stereocenters. The highest BCUT2D eigenvalue weighted by molar-refractivity contribution is 5.80. The Morgan fingerprint density at radius 1 is 1.41 bits per heavy atom. The minimum absolute atomic E-state index is 0.0894. The first kappa shape index (κ1) is 13.9. The number of hydrogen-bond donors (Lipinski definition) is 3. The van der Waals surface area contributed by atoms with E-state index in [0.29, 0.717) is 13.1 Å². The Hall–Kier alpha value is -1.14. The zero-order valence-corrected chi connectivity index (χ0v) is 10.3. The molecule has 0 aliphatic heterocycles. The number of carbonyl (C=O) groups excluding carboxylic acids is 2. The number of hydrogen-bond acceptors (Lipinski definition) is 5. The molecule has 1 rings (SSSR count). The van der Waals surface area contributed by atoms with Crippen molar-refractivity contribution in [3.05, 3.63) is 0 Å². The summed E-state index contributed by atoms with van der Waals surface area (Å²) < 4.78 is 4.45. The van der Waals surface area contributed by atoms with Crippen LogP contribution in [0.4, 0.5) is 0 Å². The van der Waals surface area contributed by atoms with E-state index in [4.69, 9.17) is 0 Å². The minimum Gasteiger partial charge on any atom is -0.467 e. The summed E-state index contributed by atoms with van der Waals surface area (Å²) in [6.07, 6.45) is 1.96. The summed E-state index contributed by atoms with van der Waals surface area (Å²) in [5.41, 5.74) is -1.53. The first-order chi connectivity index (χ1) is 7.97. The zero-order valence-electron chi connectivity index (χ0n) is 10.3. The molecule has 0 bridgehead atoms. The Morgan fingerprint density at radius 3 is 2.59 bits per heavy atom. The van der Waals surface area contributed by atoms with Crippen LogP contribution in [0.5, 0.6) is 0 Å². The fourth-order valence-corrected chi connectivity index (χ4v) is 1.39. The highest BCUT2D eigenvalue weighted by Gasteiger charge is 2.31. The van der Waals surface area contributed by atoms with Crippen molar-refractivity contribution in [2.45, 2.75) is 25.4 Å². The molecule has 0 aromatic carbocycles. The number of nitrogens with one attached hydrogen (secondary N) is 2. The summed E-state index contributed by atoms with van der Waals surface area (Å²) in [4.78, 5) is 22.4. The van der Waals surface area contributed by atoms with Crippen molar-refractivity contribution >= 4 is 11.9 Å². The van der Waals surface area contributed by atoms with Gasteiger partial charge in [-0.2, -0.15) is 0 Å². The first-order valence-electron chi connectivity index (χ1n) is 5.76. The van der Waals surface area contributed by atoms with Gasteiger partial charge in [-0.15, -0.1) is 0 Å². The summed E-state index contributed by atoms with van der Waals surface area (Å²) in [5, 5.41) is 15.3. The number of ether oxygens (including phenoxy) is 1. The Kier molecular flexibility index (Phi) is 4.89. The van der Waals surface area contributed by atoms with Crippen molar-refractivity contribution in [2.24, 2.45) is 5.92 Å². The second-order valence-electron chi connectivity index (χ2n) is 4.51. The van der Waals surface area contributed by atoms with Crippen LogP contribution in [0.1, 0.15) is 19.8 Å². The predicted octanol–water partition coefficient (Wildman–Crippen LogP) is -0.974. The normalized spacial score (nSPS) is 18.3. The summed E-state index contributed by atoms with van der Waals surface area (Å²) in [6.45, 7) is 2.48. The van der Waals surface area contributed by atoms with Gasteiger partial charge in [0.25, 0.3) is 0 Å². The van der Waals surface area contributed by atoms with E-state index in [1.165, 1.54) is 14.0 Å². The molecule has 0 spiro atoms. The second-order valence-corrected chi connectivity index (χ2v) is 4.51. The van der Waals surface area contributed by atoms with Crippen LogP contribution < -0.4 is 10.6 Å². The van der Waals surface area contributed by atoms with Gasteiger partial charge in [0.15, 0.2) is 5.60 Å². The molecule has 0 saturated heterocycles. The maximum absolute atomic E-state index is 11.3. The molecule has 98 valence electrons. The Labute approximate surface area is 101 Å². The quantitative estimate of drug-likeness (QED) is 0.396. The Morgan fingerprint density at radius 2 is 2.06 bits per heavy atom. The van der Waals surface area contributed by atoms with E-state index in [9.17, 15) is 14.7 Å². The van der Waals surface area contributed by atoms with Crippen LogP contribution in [0, 0.1) is 5.92 Å². The zero-order chi connectivity index (χ0) is 12.9. The second kappa shape index (κ2) is 5.97. The van der Waals surface area contributed by atoms with E-state index in [1.807, 2.05) is 0 Å². The molecular formula is C11H20N2O4. The van der Waals surface area contributed by atoms with E-state index in [1.54, 1.807) is 0 Å². The smallest absolute Gasteiger partial charge is 0.338 e. The molecule has 6 heteroatoms. The van der Waals surface area contributed by atoms with Crippen LogP contribution in [-0.2, 0) is 14.3 Å². The summed E-state index contributed by atoms with van der Waals surface area (Å²) >= 11 is 0. The largest absolute Gasteiger partial charge is 0.467 e. The number of aliphatic hydroxyl groups is 1. The van der Waals surface area contributed by atoms with E-state index in [-0.39, 0.29) is 18.4 Å². The molecule has 1 saturated carbocycles. The molecule has 3 N–H and O–H groups in total. The minimum atomic E-state index is -1.53. The highest BCUT2D eigenvalue weighted by atomic mass is 16.5. The molecule has 1 aliphatic carbocycles. The summed E-state index contributed by atoms with van der Waals surface area (Å²) in [5.74, 6) is -0.383. The number of amides is 1. The molecule has 0 aromatic heterocycles. The molecule has 0 heterocycles. The molecule has 6 nitrogen and oxygen atoms in total. The van der Waals surface area contributed by atoms with Gasteiger partial charge < -0.3 is 20.5 Å². The van der Waals surface area contributed by atoms with Crippen molar-refractivity contribution in [1.82, 2.24) is 10.6 Å². The SMILES string of the molecule is COC(=O)C(C)(O)CNCCNC(=O)C1CC1. The van der Waals surface area contributed by atoms with Gasteiger partial charge >= 0.3 is 5.97 Å². The van der Waals surface area contributed by atoms with Crippen molar-refractivity contribution in [3.63, 3.8) is 0 Å². The van der Waals surface area contributed by atoms with Crippen molar-refractivity contribution in [2.75, 3.05) is 26.7 Å². The lowest BCUT2D eigenvalue weighted by atomic mass is 10.1. The maximum Gasteiger partial charge on any atom is 0.338 e. The Balaban J connectivity index is 2.06. The van der Waals surface area contributed by atoms with Gasteiger partial charge in [-0.1, -0.05) is 0 Å². The lowest BCUT2D eigenvalue weighted by Gasteiger charge is -2.20. The van der Waals surface area contributed by atoms with Gasteiger partial charge in [0, 0.05) is 25.6 Å². The predicted molar refractivity (Wildman–Crippen MR) is 61.2 cm³/mol. The lowest BCUT2D eigenvalue weighted by molar-refractivity contribution is -0.159. The fourth-order valence-electron chi connectivity index (χ4n) is 1.39. The fraction of sp³-hybridized carbons (Fsp3) is 0.818. The van der Waals surface area contributed by atoms with E-state index in [0.717, 1.165) is 12.8 Å². The van der Waals surface area contributed by atoms with Gasteiger partial charge in [0.05, 0.1) is 7.11 Å². The third-order valence-corrected chi connectivity index (χ3v) is 2.64.